The second kappa shape index (κ2) is 3.56. The van der Waals surface area contributed by atoms with E-state index >= 15 is 0 Å². The number of halogens is 2. The summed E-state index contributed by atoms with van der Waals surface area (Å²) >= 11 is 11.8. The predicted octanol–water partition coefficient (Wildman–Crippen LogP) is 3.10. The number of carbonyl (C=O) groups excluding carboxylic acids is 1. The molecule has 1 amide bonds. The van der Waals surface area contributed by atoms with Gasteiger partial charge in [-0.3, -0.25) is 9.21 Å². The maximum Gasteiger partial charge on any atom is 0.269 e. The normalized spacial score (nSPS) is 27.9. The maximum atomic E-state index is 11.9. The van der Waals surface area contributed by atoms with Crippen molar-refractivity contribution in [1.29, 1.82) is 0 Å². The summed E-state index contributed by atoms with van der Waals surface area (Å²) in [5.74, 6) is 0.0918. The second-order valence-corrected chi connectivity index (χ2v) is 5.97. The number of rotatable bonds is 1. The summed E-state index contributed by atoms with van der Waals surface area (Å²) in [6.07, 6.45) is 0.616. The van der Waals surface area contributed by atoms with Gasteiger partial charge in [-0.2, -0.15) is 0 Å². The van der Waals surface area contributed by atoms with Crippen molar-refractivity contribution >= 4 is 29.5 Å². The van der Waals surface area contributed by atoms with Crippen molar-refractivity contribution in [2.24, 2.45) is 5.41 Å². The zero-order valence-corrected chi connectivity index (χ0v) is 11.0. The van der Waals surface area contributed by atoms with Crippen LogP contribution in [0, 0.1) is 5.41 Å². The van der Waals surface area contributed by atoms with Gasteiger partial charge in [-0.25, -0.2) is 4.42 Å². The van der Waals surface area contributed by atoms with Gasteiger partial charge in [-0.15, -0.1) is 0 Å². The molecule has 0 radical (unpaired) electrons. The Hall–Kier alpha value is -0.410. The minimum Gasteiger partial charge on any atom is -0.270 e. The minimum absolute atomic E-state index is 0.0140. The summed E-state index contributed by atoms with van der Waals surface area (Å²) in [4.78, 5) is 11.9. The molecular formula is C10H16Cl2N2O. The van der Waals surface area contributed by atoms with Crippen LogP contribution in [0.5, 0.6) is 0 Å². The highest BCUT2D eigenvalue weighted by Crippen LogP contribution is 2.42. The second-order valence-electron chi connectivity index (χ2n) is 5.29. The van der Waals surface area contributed by atoms with Gasteiger partial charge in [0.05, 0.1) is 0 Å². The summed E-state index contributed by atoms with van der Waals surface area (Å²) < 4.78 is 2.31. The van der Waals surface area contributed by atoms with Gasteiger partial charge in [0.1, 0.15) is 11.4 Å². The van der Waals surface area contributed by atoms with Gasteiger partial charge >= 0.3 is 0 Å². The molecule has 0 aromatic carbocycles. The van der Waals surface area contributed by atoms with E-state index in [2.05, 4.69) is 27.4 Å². The topological polar surface area (TPSA) is 23.6 Å². The smallest absolute Gasteiger partial charge is 0.269 e. The Balaban J connectivity index is 3.03. The fraction of sp³-hybridized carbons (Fsp3) is 0.700. The summed E-state index contributed by atoms with van der Waals surface area (Å²) in [6, 6.07) is 0. The number of amides is 1. The Morgan fingerprint density at radius 2 is 1.87 bits per heavy atom. The van der Waals surface area contributed by atoms with Crippen LogP contribution in [0.15, 0.2) is 12.4 Å². The summed E-state index contributed by atoms with van der Waals surface area (Å²) in [5.41, 5.74) is -0.821. The molecule has 1 unspecified atom stereocenters. The molecule has 0 saturated carbocycles. The first-order valence-corrected chi connectivity index (χ1v) is 5.42. The molecule has 0 bridgehead atoms. The Labute approximate surface area is 101 Å². The van der Waals surface area contributed by atoms with Crippen LogP contribution in [0.25, 0.3) is 0 Å². The predicted molar refractivity (Wildman–Crippen MR) is 62.0 cm³/mol. The van der Waals surface area contributed by atoms with Crippen molar-refractivity contribution in [3.63, 3.8) is 0 Å². The van der Waals surface area contributed by atoms with Gasteiger partial charge in [-0.05, 0) is 18.8 Å². The molecule has 1 rings (SSSR count). The summed E-state index contributed by atoms with van der Waals surface area (Å²) in [6.45, 7) is 11.6. The standard InChI is InChI=1S/C10H16Cl2N2O/c1-7-13(11)8(15)10(5,14(7)12)6-9(2,3)4/h1,6H2,2-5H3. The minimum atomic E-state index is -0.807. The highest BCUT2D eigenvalue weighted by atomic mass is 35.5. The fourth-order valence-corrected chi connectivity index (χ4v) is 2.46. The summed E-state index contributed by atoms with van der Waals surface area (Å²) in [7, 11) is 0. The van der Waals surface area contributed by atoms with E-state index < -0.39 is 5.54 Å². The number of hydrogen-bond donors (Lipinski definition) is 0. The van der Waals surface area contributed by atoms with E-state index in [1.165, 1.54) is 4.42 Å². The molecule has 15 heavy (non-hydrogen) atoms. The molecule has 5 heteroatoms. The molecular weight excluding hydrogens is 235 g/mol. The third kappa shape index (κ3) is 2.08. The number of carbonyl (C=O) groups is 1. The van der Waals surface area contributed by atoms with Gasteiger partial charge in [0.2, 0.25) is 0 Å². The van der Waals surface area contributed by atoms with Gasteiger partial charge in [0.15, 0.2) is 0 Å². The van der Waals surface area contributed by atoms with Crippen LogP contribution in [0.4, 0.5) is 0 Å². The zero-order chi connectivity index (χ0) is 12.0. The molecule has 1 saturated heterocycles. The van der Waals surface area contributed by atoms with Crippen molar-refractivity contribution in [1.82, 2.24) is 8.84 Å². The maximum absolute atomic E-state index is 11.9. The zero-order valence-electron chi connectivity index (χ0n) is 9.47. The van der Waals surface area contributed by atoms with E-state index in [0.29, 0.717) is 12.2 Å². The van der Waals surface area contributed by atoms with E-state index in [-0.39, 0.29) is 11.3 Å². The lowest BCUT2D eigenvalue weighted by molar-refractivity contribution is -0.129. The lowest BCUT2D eigenvalue weighted by atomic mass is 9.81. The highest BCUT2D eigenvalue weighted by Gasteiger charge is 2.52. The molecule has 1 atom stereocenters. The average molecular weight is 251 g/mol. The molecule has 1 aliphatic rings. The largest absolute Gasteiger partial charge is 0.270 e. The van der Waals surface area contributed by atoms with Crippen LogP contribution in [0.3, 0.4) is 0 Å². The van der Waals surface area contributed by atoms with Crippen molar-refractivity contribution in [3.05, 3.63) is 12.4 Å². The van der Waals surface area contributed by atoms with E-state index in [1.807, 2.05) is 0 Å². The molecule has 0 aliphatic carbocycles. The van der Waals surface area contributed by atoms with Gasteiger partial charge in [0.25, 0.3) is 5.91 Å². The Bertz CT molecular complexity index is 311. The Morgan fingerprint density at radius 1 is 1.40 bits per heavy atom. The molecule has 0 spiro atoms. The number of nitrogens with zero attached hydrogens (tertiary/aromatic N) is 2. The van der Waals surface area contributed by atoms with Crippen LogP contribution in [-0.4, -0.2) is 20.3 Å². The molecule has 1 aliphatic heterocycles. The first-order valence-electron chi connectivity index (χ1n) is 4.75. The van der Waals surface area contributed by atoms with E-state index in [0.717, 1.165) is 4.42 Å². The highest BCUT2D eigenvalue weighted by molar-refractivity contribution is 6.28. The molecule has 0 aromatic rings. The molecule has 0 N–H and O–H groups in total. The van der Waals surface area contributed by atoms with Crippen LogP contribution in [0.2, 0.25) is 0 Å². The fourth-order valence-electron chi connectivity index (χ4n) is 1.95. The SMILES string of the molecule is C=C1N(Cl)C(=O)C(C)(CC(C)(C)C)N1Cl. The van der Waals surface area contributed by atoms with Crippen LogP contribution in [-0.2, 0) is 4.79 Å². The Morgan fingerprint density at radius 3 is 2.13 bits per heavy atom. The molecule has 86 valence electrons. The van der Waals surface area contributed by atoms with Crippen molar-refractivity contribution in [2.75, 3.05) is 0 Å². The van der Waals surface area contributed by atoms with Crippen molar-refractivity contribution in [3.8, 4) is 0 Å². The van der Waals surface area contributed by atoms with Crippen LogP contribution >= 0.6 is 23.6 Å². The van der Waals surface area contributed by atoms with E-state index in [1.54, 1.807) is 6.92 Å². The van der Waals surface area contributed by atoms with E-state index in [9.17, 15) is 4.79 Å². The van der Waals surface area contributed by atoms with Crippen molar-refractivity contribution < 1.29 is 4.79 Å². The molecule has 1 fully saturated rings. The third-order valence-corrected chi connectivity index (χ3v) is 3.32. The Kier molecular flexibility index (Phi) is 3.01. The van der Waals surface area contributed by atoms with E-state index in [4.69, 9.17) is 23.6 Å². The van der Waals surface area contributed by atoms with Gasteiger partial charge in [-0.1, -0.05) is 27.4 Å². The molecule has 1 heterocycles. The van der Waals surface area contributed by atoms with Crippen LogP contribution < -0.4 is 0 Å². The van der Waals surface area contributed by atoms with Gasteiger partial charge in [0, 0.05) is 23.6 Å². The third-order valence-electron chi connectivity index (χ3n) is 2.40. The average Bonchev–Trinajstić information content (AvgIpc) is 2.19. The van der Waals surface area contributed by atoms with Crippen molar-refractivity contribution in [2.45, 2.75) is 39.7 Å². The summed E-state index contributed by atoms with van der Waals surface area (Å²) in [5, 5.41) is 0. The lowest BCUT2D eigenvalue weighted by Gasteiger charge is -2.33. The first kappa shape index (κ1) is 12.7. The van der Waals surface area contributed by atoms with Gasteiger partial charge < -0.3 is 0 Å². The first-order chi connectivity index (χ1) is 6.59. The van der Waals surface area contributed by atoms with Crippen LogP contribution in [0.1, 0.15) is 34.1 Å². The molecule has 3 nitrogen and oxygen atoms in total. The molecule has 0 aromatic heterocycles. The monoisotopic (exact) mass is 250 g/mol. The quantitative estimate of drug-likeness (QED) is 0.668. The lowest BCUT2D eigenvalue weighted by Crippen LogP contribution is -2.44. The number of hydrogen-bond acceptors (Lipinski definition) is 2.